The largest absolute Gasteiger partial charge is 0.310 e. The zero-order valence-corrected chi connectivity index (χ0v) is 10.6. The average Bonchev–Trinajstić information content (AvgIpc) is 2.77. The monoisotopic (exact) mass is 230 g/mol. The van der Waals surface area contributed by atoms with Crippen LogP contribution in [-0.4, -0.2) is 15.3 Å². The van der Waals surface area contributed by atoms with Gasteiger partial charge in [-0.25, -0.2) is 4.98 Å². The summed E-state index contributed by atoms with van der Waals surface area (Å²) in [5.74, 6) is 0.215. The smallest absolute Gasteiger partial charge is 0.165 e. The highest BCUT2D eigenvalue weighted by Gasteiger charge is 2.40. The fourth-order valence-electron chi connectivity index (χ4n) is 2.37. The summed E-state index contributed by atoms with van der Waals surface area (Å²) >= 11 is 0. The van der Waals surface area contributed by atoms with Crippen molar-refractivity contribution >= 4 is 12.0 Å². The number of rotatable bonds is 0. The highest BCUT2D eigenvalue weighted by Crippen LogP contribution is 2.41. The molecule has 0 amide bonds. The molecule has 0 spiro atoms. The molecule has 2 aliphatic rings. The Morgan fingerprint density at radius 1 is 1.41 bits per heavy atom. The van der Waals surface area contributed by atoms with Gasteiger partial charge < -0.3 is 4.57 Å². The molecule has 0 N–H and O–H groups in total. The van der Waals surface area contributed by atoms with E-state index in [9.17, 15) is 4.79 Å². The quantitative estimate of drug-likeness (QED) is 0.687. The van der Waals surface area contributed by atoms with Gasteiger partial charge in [-0.15, -0.1) is 0 Å². The Labute approximate surface area is 102 Å². The minimum Gasteiger partial charge on any atom is -0.310 e. The summed E-state index contributed by atoms with van der Waals surface area (Å²) in [6, 6.07) is 0. The van der Waals surface area contributed by atoms with Gasteiger partial charge in [-0.05, 0) is 25.0 Å². The van der Waals surface area contributed by atoms with Gasteiger partial charge in [0.05, 0.1) is 11.7 Å². The zero-order chi connectivity index (χ0) is 12.5. The summed E-state index contributed by atoms with van der Waals surface area (Å²) in [5.41, 5.74) is 1.98. The Hall–Kier alpha value is -1.64. The molecule has 90 valence electrons. The van der Waals surface area contributed by atoms with Crippen molar-refractivity contribution in [3.63, 3.8) is 0 Å². The van der Waals surface area contributed by atoms with Gasteiger partial charge >= 0.3 is 0 Å². The van der Waals surface area contributed by atoms with Crippen molar-refractivity contribution in [2.75, 3.05) is 0 Å². The molecule has 2 heterocycles. The molecule has 17 heavy (non-hydrogen) atoms. The van der Waals surface area contributed by atoms with Crippen LogP contribution in [0.5, 0.6) is 0 Å². The highest BCUT2D eigenvalue weighted by molar-refractivity contribution is 5.99. The molecule has 1 atom stereocenters. The number of fused-ring (bicyclic) bond motifs is 2. The Morgan fingerprint density at radius 3 is 2.94 bits per heavy atom. The van der Waals surface area contributed by atoms with Crippen LogP contribution in [0.3, 0.4) is 0 Å². The Balaban J connectivity index is 0.000000514. The topological polar surface area (TPSA) is 34.9 Å². The molecule has 0 aromatic carbocycles. The molecule has 0 bridgehead atoms. The van der Waals surface area contributed by atoms with Crippen molar-refractivity contribution in [1.29, 1.82) is 0 Å². The van der Waals surface area contributed by atoms with Crippen LogP contribution in [0.25, 0.3) is 6.20 Å². The second kappa shape index (κ2) is 4.32. The molecule has 1 aromatic heterocycles. The van der Waals surface area contributed by atoms with E-state index in [0.29, 0.717) is 0 Å². The first-order chi connectivity index (χ1) is 8.20. The predicted octanol–water partition coefficient (Wildman–Crippen LogP) is 2.84. The van der Waals surface area contributed by atoms with Crippen LogP contribution < -0.4 is 0 Å². The fraction of sp³-hybridized carbons (Fsp3) is 0.429. The summed E-state index contributed by atoms with van der Waals surface area (Å²) in [5, 5.41) is 0. The van der Waals surface area contributed by atoms with Gasteiger partial charge in [0.1, 0.15) is 0 Å². The van der Waals surface area contributed by atoms with Crippen LogP contribution in [0.4, 0.5) is 0 Å². The lowest BCUT2D eigenvalue weighted by Gasteiger charge is -2.35. The molecule has 0 saturated heterocycles. The normalized spacial score (nSPS) is 25.4. The number of hydrogen-bond acceptors (Lipinski definition) is 2. The second-order valence-electron chi connectivity index (χ2n) is 4.43. The van der Waals surface area contributed by atoms with E-state index in [1.807, 2.05) is 43.8 Å². The van der Waals surface area contributed by atoms with E-state index in [4.69, 9.17) is 0 Å². The third-order valence-electron chi connectivity index (χ3n) is 3.44. The Kier molecular flexibility index (Phi) is 3.01. The molecule has 1 unspecified atom stereocenters. The van der Waals surface area contributed by atoms with Crippen LogP contribution >= 0.6 is 0 Å². The van der Waals surface area contributed by atoms with Gasteiger partial charge in [0.25, 0.3) is 0 Å². The number of aromatic nitrogens is 2. The van der Waals surface area contributed by atoms with Crippen LogP contribution in [-0.2, 0) is 11.2 Å². The zero-order valence-electron chi connectivity index (χ0n) is 10.6. The maximum Gasteiger partial charge on any atom is 0.165 e. The van der Waals surface area contributed by atoms with Gasteiger partial charge in [0.2, 0.25) is 0 Å². The van der Waals surface area contributed by atoms with E-state index >= 15 is 0 Å². The van der Waals surface area contributed by atoms with Crippen molar-refractivity contribution in [1.82, 2.24) is 9.55 Å². The van der Waals surface area contributed by atoms with Gasteiger partial charge in [-0.1, -0.05) is 19.9 Å². The van der Waals surface area contributed by atoms with Gasteiger partial charge in [0.15, 0.2) is 5.78 Å². The van der Waals surface area contributed by atoms with Crippen molar-refractivity contribution < 1.29 is 4.79 Å². The molecule has 3 nitrogen and oxygen atoms in total. The third kappa shape index (κ3) is 1.75. The van der Waals surface area contributed by atoms with Crippen molar-refractivity contribution in [3.05, 3.63) is 35.9 Å². The van der Waals surface area contributed by atoms with Crippen LogP contribution in [0, 0.1) is 5.41 Å². The molecule has 3 rings (SSSR count). The second-order valence-corrected chi connectivity index (χ2v) is 4.43. The molecular formula is C14H18N2O. The molecule has 3 heteroatoms. The van der Waals surface area contributed by atoms with Crippen LogP contribution in [0.1, 0.15) is 32.9 Å². The summed E-state index contributed by atoms with van der Waals surface area (Å²) in [6.45, 7) is 6.03. The lowest BCUT2D eigenvalue weighted by atomic mass is 9.70. The first-order valence-electron chi connectivity index (χ1n) is 6.13. The maximum absolute atomic E-state index is 11.9. The lowest BCUT2D eigenvalue weighted by Crippen LogP contribution is -2.36. The lowest BCUT2D eigenvalue weighted by molar-refractivity contribution is -0.121. The minimum atomic E-state index is -0.329. The highest BCUT2D eigenvalue weighted by atomic mass is 16.1. The molecule has 0 radical (unpaired) electrons. The third-order valence-corrected chi connectivity index (χ3v) is 3.44. The first kappa shape index (κ1) is 11.8. The molecule has 0 saturated carbocycles. The van der Waals surface area contributed by atoms with Crippen LogP contribution in [0.15, 0.2) is 30.2 Å². The molecule has 0 fully saturated rings. The molecule has 1 aliphatic heterocycles. The van der Waals surface area contributed by atoms with E-state index in [-0.39, 0.29) is 11.2 Å². The van der Waals surface area contributed by atoms with Crippen molar-refractivity contribution in [2.24, 2.45) is 5.41 Å². The number of imidazole rings is 1. The summed E-state index contributed by atoms with van der Waals surface area (Å²) in [4.78, 5) is 16.0. The fourth-order valence-corrected chi connectivity index (χ4v) is 2.37. The predicted molar refractivity (Wildman–Crippen MR) is 68.4 cm³/mol. The minimum absolute atomic E-state index is 0.215. The van der Waals surface area contributed by atoms with Gasteiger partial charge in [-0.2, -0.15) is 0 Å². The van der Waals surface area contributed by atoms with Crippen LogP contribution in [0.2, 0.25) is 0 Å². The molecule has 1 aromatic rings. The van der Waals surface area contributed by atoms with Crippen molar-refractivity contribution in [2.45, 2.75) is 33.6 Å². The van der Waals surface area contributed by atoms with E-state index in [0.717, 1.165) is 18.5 Å². The van der Waals surface area contributed by atoms with E-state index in [2.05, 4.69) is 4.98 Å². The van der Waals surface area contributed by atoms with Gasteiger partial charge in [-0.3, -0.25) is 4.79 Å². The Morgan fingerprint density at radius 2 is 2.18 bits per heavy atom. The summed E-state index contributed by atoms with van der Waals surface area (Å²) < 4.78 is 2.02. The molecule has 1 aliphatic carbocycles. The standard InChI is InChI=1S/C12H12N2O.C2H6/c1-12-5-10-6-13-8-14(10)7-9(12)3-2-4-11(12)15;1-2/h2,4,6-8H,3,5H2,1H3;1-2H3. The average molecular weight is 230 g/mol. The van der Waals surface area contributed by atoms with E-state index in [1.165, 1.54) is 5.57 Å². The number of carbonyl (C=O) groups is 1. The Bertz CT molecular complexity index is 496. The number of ketones is 1. The number of hydrogen-bond donors (Lipinski definition) is 0. The molecular weight excluding hydrogens is 212 g/mol. The van der Waals surface area contributed by atoms with Crippen molar-refractivity contribution in [3.8, 4) is 0 Å². The summed E-state index contributed by atoms with van der Waals surface area (Å²) in [7, 11) is 0. The van der Waals surface area contributed by atoms with Gasteiger partial charge in [0, 0.05) is 24.5 Å². The first-order valence-corrected chi connectivity index (χ1v) is 6.13. The number of allylic oxidation sites excluding steroid dienone is 3. The number of nitrogens with zero attached hydrogens (tertiary/aromatic N) is 2. The maximum atomic E-state index is 11.9. The van der Waals surface area contributed by atoms with E-state index < -0.39 is 0 Å². The number of carbonyl (C=O) groups excluding carboxylic acids is 1. The SMILES string of the molecule is CC.CC12Cc3cncn3C=C1CC=CC2=O. The summed E-state index contributed by atoms with van der Waals surface area (Å²) in [6.07, 6.45) is 11.0. The van der Waals surface area contributed by atoms with E-state index in [1.54, 1.807) is 12.4 Å².